The van der Waals surface area contributed by atoms with E-state index < -0.39 is 0 Å². The number of aryl methyl sites for hydroxylation is 1. The van der Waals surface area contributed by atoms with Crippen LogP contribution in [0.4, 0.5) is 0 Å². The number of hydrogen-bond acceptors (Lipinski definition) is 1. The molecule has 0 spiro atoms. The summed E-state index contributed by atoms with van der Waals surface area (Å²) in [6, 6.07) is 8.35. The third-order valence-corrected chi connectivity index (χ3v) is 2.66. The van der Waals surface area contributed by atoms with E-state index in [0.717, 1.165) is 18.8 Å². The second-order valence-corrected chi connectivity index (χ2v) is 4.56. The number of fused-ring (bicyclic) bond motifs is 1. The molecule has 70 valence electrons. The molecule has 0 fully saturated rings. The van der Waals surface area contributed by atoms with E-state index in [1.165, 1.54) is 12.0 Å². The van der Waals surface area contributed by atoms with Gasteiger partial charge in [0.1, 0.15) is 5.75 Å². The fraction of sp³-hybridized carbons (Fsp3) is 0.500. The fourth-order valence-electron chi connectivity index (χ4n) is 1.67. The van der Waals surface area contributed by atoms with Crippen LogP contribution in [-0.2, 0) is 6.42 Å². The van der Waals surface area contributed by atoms with Crippen molar-refractivity contribution in [3.8, 4) is 5.75 Å². The van der Waals surface area contributed by atoms with Crippen molar-refractivity contribution in [2.75, 3.05) is 6.61 Å². The van der Waals surface area contributed by atoms with E-state index in [-0.39, 0.29) is 0 Å². The van der Waals surface area contributed by atoms with Crippen molar-refractivity contribution in [1.82, 2.24) is 0 Å². The third kappa shape index (κ3) is 1.85. The van der Waals surface area contributed by atoms with Crippen LogP contribution < -0.4 is 4.74 Å². The largest absolute Gasteiger partial charge is 0.493 e. The summed E-state index contributed by atoms with van der Waals surface area (Å²) in [7, 11) is 0. The molecule has 1 aromatic carbocycles. The molecule has 2 rings (SSSR count). The van der Waals surface area contributed by atoms with Gasteiger partial charge < -0.3 is 4.74 Å². The van der Waals surface area contributed by atoms with Crippen LogP contribution in [0.1, 0.15) is 25.8 Å². The molecule has 0 atom stereocenters. The Balaban J connectivity index is 2.27. The van der Waals surface area contributed by atoms with E-state index in [9.17, 15) is 0 Å². The Morgan fingerprint density at radius 2 is 2.00 bits per heavy atom. The minimum Gasteiger partial charge on any atom is -0.493 e. The molecular formula is C12H16O. The number of rotatable bonds is 0. The molecule has 0 radical (unpaired) electrons. The quantitative estimate of drug-likeness (QED) is 0.590. The molecule has 0 aromatic heterocycles. The third-order valence-electron chi connectivity index (χ3n) is 2.66. The van der Waals surface area contributed by atoms with Gasteiger partial charge in [0.15, 0.2) is 0 Å². The average molecular weight is 176 g/mol. The van der Waals surface area contributed by atoms with Gasteiger partial charge in [-0.05, 0) is 29.9 Å². The van der Waals surface area contributed by atoms with E-state index in [0.29, 0.717) is 5.41 Å². The number of benzene rings is 1. The molecule has 0 aliphatic carbocycles. The SMILES string of the molecule is CC1(C)CCc2ccccc2OC1. The summed E-state index contributed by atoms with van der Waals surface area (Å²) < 4.78 is 5.76. The van der Waals surface area contributed by atoms with Gasteiger partial charge in [-0.1, -0.05) is 32.0 Å². The fourth-order valence-corrected chi connectivity index (χ4v) is 1.67. The van der Waals surface area contributed by atoms with E-state index in [4.69, 9.17) is 4.74 Å². The molecule has 0 N–H and O–H groups in total. The van der Waals surface area contributed by atoms with Crippen LogP contribution in [0.3, 0.4) is 0 Å². The normalized spacial score (nSPS) is 19.8. The standard InChI is InChI=1S/C12H16O/c1-12(2)8-7-10-5-3-4-6-11(10)13-9-12/h3-6H,7-9H2,1-2H3. The molecule has 1 heteroatoms. The summed E-state index contributed by atoms with van der Waals surface area (Å²) in [5.74, 6) is 1.08. The smallest absolute Gasteiger partial charge is 0.122 e. The zero-order valence-electron chi connectivity index (χ0n) is 8.34. The number of para-hydroxylation sites is 1. The van der Waals surface area contributed by atoms with Crippen molar-refractivity contribution in [3.63, 3.8) is 0 Å². The summed E-state index contributed by atoms with van der Waals surface area (Å²) in [6.07, 6.45) is 2.35. The maximum Gasteiger partial charge on any atom is 0.122 e. The molecule has 0 saturated carbocycles. The monoisotopic (exact) mass is 176 g/mol. The molecule has 1 aliphatic heterocycles. The van der Waals surface area contributed by atoms with Gasteiger partial charge in [-0.3, -0.25) is 0 Å². The van der Waals surface area contributed by atoms with Crippen LogP contribution in [0.5, 0.6) is 5.75 Å². The van der Waals surface area contributed by atoms with Crippen molar-refractivity contribution in [3.05, 3.63) is 29.8 Å². The van der Waals surface area contributed by atoms with Crippen LogP contribution in [-0.4, -0.2) is 6.61 Å². The molecule has 13 heavy (non-hydrogen) atoms. The lowest BCUT2D eigenvalue weighted by Crippen LogP contribution is -2.19. The molecule has 1 heterocycles. The van der Waals surface area contributed by atoms with Gasteiger partial charge in [-0.25, -0.2) is 0 Å². The first-order valence-electron chi connectivity index (χ1n) is 4.88. The van der Waals surface area contributed by atoms with Gasteiger partial charge in [0.05, 0.1) is 6.61 Å². The van der Waals surface area contributed by atoms with Crippen molar-refractivity contribution in [2.45, 2.75) is 26.7 Å². The highest BCUT2D eigenvalue weighted by Gasteiger charge is 2.23. The van der Waals surface area contributed by atoms with Gasteiger partial charge in [0.25, 0.3) is 0 Å². The van der Waals surface area contributed by atoms with E-state index in [1.807, 2.05) is 6.07 Å². The van der Waals surface area contributed by atoms with Crippen molar-refractivity contribution in [2.24, 2.45) is 5.41 Å². The lowest BCUT2D eigenvalue weighted by Gasteiger charge is -2.20. The molecule has 1 nitrogen and oxygen atoms in total. The van der Waals surface area contributed by atoms with Gasteiger partial charge >= 0.3 is 0 Å². The summed E-state index contributed by atoms with van der Waals surface area (Å²) in [5, 5.41) is 0. The Hall–Kier alpha value is -0.980. The molecule has 0 amide bonds. The molecule has 0 unspecified atom stereocenters. The predicted molar refractivity (Wildman–Crippen MR) is 54.0 cm³/mol. The summed E-state index contributed by atoms with van der Waals surface area (Å²) in [5.41, 5.74) is 1.67. The summed E-state index contributed by atoms with van der Waals surface area (Å²) in [6.45, 7) is 5.36. The molecule has 0 bridgehead atoms. The summed E-state index contributed by atoms with van der Waals surface area (Å²) in [4.78, 5) is 0. The molecule has 1 aromatic rings. The zero-order chi connectivity index (χ0) is 9.31. The van der Waals surface area contributed by atoms with Gasteiger partial charge in [0, 0.05) is 0 Å². The van der Waals surface area contributed by atoms with Crippen LogP contribution in [0.15, 0.2) is 24.3 Å². The zero-order valence-corrected chi connectivity index (χ0v) is 8.34. The first kappa shape index (κ1) is 8.61. The van der Waals surface area contributed by atoms with Gasteiger partial charge in [-0.15, -0.1) is 0 Å². The molecular weight excluding hydrogens is 160 g/mol. The molecule has 0 saturated heterocycles. The lowest BCUT2D eigenvalue weighted by atomic mass is 9.88. The Morgan fingerprint density at radius 3 is 2.85 bits per heavy atom. The van der Waals surface area contributed by atoms with Crippen molar-refractivity contribution >= 4 is 0 Å². The average Bonchev–Trinajstić information content (AvgIpc) is 2.27. The lowest BCUT2D eigenvalue weighted by molar-refractivity contribution is 0.182. The van der Waals surface area contributed by atoms with Crippen LogP contribution in [0, 0.1) is 5.41 Å². The second kappa shape index (κ2) is 3.06. The summed E-state index contributed by atoms with van der Waals surface area (Å²) >= 11 is 0. The first-order valence-corrected chi connectivity index (χ1v) is 4.88. The maximum absolute atomic E-state index is 5.76. The Bertz CT molecular complexity index is 273. The topological polar surface area (TPSA) is 9.23 Å². The number of ether oxygens (including phenoxy) is 1. The van der Waals surface area contributed by atoms with E-state index >= 15 is 0 Å². The van der Waals surface area contributed by atoms with Gasteiger partial charge in [-0.2, -0.15) is 0 Å². The van der Waals surface area contributed by atoms with Crippen LogP contribution >= 0.6 is 0 Å². The van der Waals surface area contributed by atoms with E-state index in [1.54, 1.807) is 0 Å². The number of hydrogen-bond donors (Lipinski definition) is 0. The maximum atomic E-state index is 5.76. The predicted octanol–water partition coefficient (Wildman–Crippen LogP) is 3.04. The minimum atomic E-state index is 0.318. The van der Waals surface area contributed by atoms with Crippen molar-refractivity contribution < 1.29 is 4.74 Å². The molecule has 1 aliphatic rings. The highest BCUT2D eigenvalue weighted by Crippen LogP contribution is 2.31. The Kier molecular flexibility index (Phi) is 2.03. The van der Waals surface area contributed by atoms with E-state index in [2.05, 4.69) is 32.0 Å². The Morgan fingerprint density at radius 1 is 1.23 bits per heavy atom. The Labute approximate surface area is 79.7 Å². The van der Waals surface area contributed by atoms with Crippen LogP contribution in [0.2, 0.25) is 0 Å². The van der Waals surface area contributed by atoms with Gasteiger partial charge in [0.2, 0.25) is 0 Å². The second-order valence-electron chi connectivity index (χ2n) is 4.56. The highest BCUT2D eigenvalue weighted by atomic mass is 16.5. The minimum absolute atomic E-state index is 0.318. The van der Waals surface area contributed by atoms with Crippen LogP contribution in [0.25, 0.3) is 0 Å². The first-order chi connectivity index (χ1) is 6.17. The van der Waals surface area contributed by atoms with Crippen molar-refractivity contribution in [1.29, 1.82) is 0 Å². The highest BCUT2D eigenvalue weighted by molar-refractivity contribution is 5.34.